The largest absolute Gasteiger partial charge is 0.480 e. The molecule has 5 aromatic carbocycles. The standard InChI is InChI=1S/C19H25NO5.C17H20N2O5.C16H18N2O5.C14H17NO3.C11H20N2O4.C7H5ClO.C3H5NO3.CH3Cl.CH4.2ClH/c1-19(2,3)25-18(23)20-12-13(10-15(20)17(22)24-4)11-16(21)14-8-6-5-7-9-14;1-24-17(23)14-7-12(10-19(14)16(22)9-18-11-20)8-15(21)13-5-3-2-4-6-13;19-10-17-8-15(21)18-9-11(6-13(18)16(22)23)7-14(20)12-4-2-1-3-5-12;1-18-14(17)12-7-10(9-15-12)8-13(16)11-5-3-2-4-6-11;1-11(2,3)17-10(15)13-6-7(12)5-8(13)9(14)16-4;8-7(9)6-4-2-1-3-5-6;5-2-4-1-3(6)7;1-2;;;/h5-9,13,15H,10-12H2,1-4H3;2-6,11-12,14H,7-10H2,1H3,(H,18,20);1-5,10-11,13H,6-9H2,(H,17,19)(H,22,23);2-6,10,12,15H,7-9H2,1H3;7-8H,5-6,12H2,1-4H3;1-5H;2H,1H2,(H,4,5)(H,6,7);1H3;1H4;2*1H/t13-,15-;12-,14-;11-,13-;10-,12-;7-,8+;;;;;;/m00001....../s1. The smallest absolute Gasteiger partial charge is 0.411 e. The van der Waals surface area contributed by atoms with E-state index < -0.39 is 88.6 Å². The number of likely N-dealkylation sites (tertiary alicyclic amines) is 4. The number of carboxylic acid groups (broad SMARTS) is 2. The van der Waals surface area contributed by atoms with Crippen LogP contribution >= 0.6 is 48.0 Å². The zero-order valence-electron chi connectivity index (χ0n) is 72.6. The van der Waals surface area contributed by atoms with Gasteiger partial charge in [-0.25, -0.2) is 28.8 Å². The molecule has 5 heterocycles. The number of rotatable bonds is 27. The van der Waals surface area contributed by atoms with Crippen LogP contribution in [0.4, 0.5) is 9.59 Å². The summed E-state index contributed by atoms with van der Waals surface area (Å²) in [6, 6.07) is 41.2. The number of Topliss-reactive ketones (excluding diaryl/α,β-unsaturated/α-hetero) is 4. The van der Waals surface area contributed by atoms with Crippen molar-refractivity contribution in [3.63, 3.8) is 0 Å². The molecule has 0 aromatic heterocycles. The average Bonchev–Trinajstić information content (AvgIpc) is 1.67. The van der Waals surface area contributed by atoms with E-state index in [2.05, 4.69) is 37.0 Å². The number of ketones is 4. The van der Waals surface area contributed by atoms with Crippen LogP contribution in [0.1, 0.15) is 159 Å². The van der Waals surface area contributed by atoms with E-state index in [9.17, 15) is 91.4 Å². The molecule has 0 aliphatic carbocycles. The number of nitrogens with zero attached hydrogens (tertiary/aromatic N) is 4. The Morgan fingerprint density at radius 2 is 0.695 bits per heavy atom. The summed E-state index contributed by atoms with van der Waals surface area (Å²) >= 11 is 9.80. The van der Waals surface area contributed by atoms with Crippen molar-refractivity contribution >= 4 is 155 Å². The van der Waals surface area contributed by atoms with Crippen molar-refractivity contribution in [3.8, 4) is 0 Å². The minimum absolute atomic E-state index is 0. The van der Waals surface area contributed by atoms with Crippen molar-refractivity contribution in [1.82, 2.24) is 40.9 Å². The number of benzene rings is 5. The van der Waals surface area contributed by atoms with E-state index in [-0.39, 0.29) is 161 Å². The minimum atomic E-state index is -1.10. The number of aliphatic carboxylic acids is 2. The summed E-state index contributed by atoms with van der Waals surface area (Å²) in [5.41, 5.74) is 7.60. The molecule has 0 saturated carbocycles. The normalized spacial score (nSPS) is 18.8. The first kappa shape index (κ1) is 116. The van der Waals surface area contributed by atoms with Gasteiger partial charge in [0.25, 0.3) is 5.24 Å². The lowest BCUT2D eigenvalue weighted by atomic mass is 9.96. The van der Waals surface area contributed by atoms with Gasteiger partial charge in [0.2, 0.25) is 31.0 Å². The van der Waals surface area contributed by atoms with Gasteiger partial charge in [0.05, 0.1) is 41.5 Å². The topological polar surface area (TPSA) is 490 Å². The second kappa shape index (κ2) is 60.8. The Labute approximate surface area is 767 Å². The van der Waals surface area contributed by atoms with Gasteiger partial charge in [0.15, 0.2) is 23.1 Å². The van der Waals surface area contributed by atoms with E-state index in [1.54, 1.807) is 126 Å². The quantitative estimate of drug-likeness (QED) is 0.00644. The molecular weight excluding hydrogens is 1750 g/mol. The lowest BCUT2D eigenvalue weighted by molar-refractivity contribution is -0.150. The molecule has 5 aromatic rings. The maximum atomic E-state index is 12.4. The molecule has 0 spiro atoms. The molecular formula is C89H119Cl4N9O26. The molecule has 35 nitrogen and oxygen atoms in total. The summed E-state index contributed by atoms with van der Waals surface area (Å²) in [7, 11) is 5.22. The minimum Gasteiger partial charge on any atom is -0.480 e. The van der Waals surface area contributed by atoms with Gasteiger partial charge in [-0.05, 0) is 115 Å². The van der Waals surface area contributed by atoms with Gasteiger partial charge < -0.3 is 75.4 Å². The van der Waals surface area contributed by atoms with E-state index in [1.807, 2.05) is 72.0 Å². The number of carbonyl (C=O) groups is 18. The molecule has 10 atom stereocenters. The maximum Gasteiger partial charge on any atom is 0.411 e. The number of ether oxygens (including phenoxy) is 6. The Kier molecular flexibility index (Phi) is 55.2. The molecule has 128 heavy (non-hydrogen) atoms. The summed E-state index contributed by atoms with van der Waals surface area (Å²) in [5.74, 6) is -4.84. The lowest BCUT2D eigenvalue weighted by Crippen LogP contribution is -2.44. The summed E-state index contributed by atoms with van der Waals surface area (Å²) in [6.07, 6.45) is 4.83. The first-order chi connectivity index (χ1) is 59.3. The fourth-order valence-corrected chi connectivity index (χ4v) is 13.6. The SMILES string of the molecule is C.CCl.COC(=O)[C@@H]1C[C@@H](CC(=O)c2ccccc2)CN1.COC(=O)[C@@H]1C[C@@H](CC(=O)c2ccccc2)CN1C(=O)CNC=O.COC(=O)[C@@H]1C[C@@H](CC(=O)c2ccccc2)CN1C(=O)OC(C)(C)C.COC(=O)[C@@H]1C[C@@H](N)CN1C(=O)OC(C)(C)C.Cl.Cl.O=C(Cl)c1ccccc1.O=CNCC(=O)N1C[C@H](CC(=O)c2ccccc2)C[C@H]1C(=O)O.O=CNCC(=O)O. The Hall–Kier alpha value is -11.8. The highest BCUT2D eigenvalue weighted by Crippen LogP contribution is 2.33. The maximum absolute atomic E-state index is 12.4. The Balaban J connectivity index is 0.00000150. The third-order valence-electron chi connectivity index (χ3n) is 19.1. The predicted molar refractivity (Wildman–Crippen MR) is 478 cm³/mol. The highest BCUT2D eigenvalue weighted by molar-refractivity contribution is 6.67. The third-order valence-corrected chi connectivity index (χ3v) is 19.3. The predicted octanol–water partition coefficient (Wildman–Crippen LogP) is 8.88. The highest BCUT2D eigenvalue weighted by Gasteiger charge is 2.45. The Morgan fingerprint density at radius 1 is 0.414 bits per heavy atom. The number of halogens is 4. The van der Waals surface area contributed by atoms with Gasteiger partial charge >= 0.3 is 48.0 Å². The van der Waals surface area contributed by atoms with Crippen LogP contribution < -0.4 is 27.0 Å². The van der Waals surface area contributed by atoms with E-state index in [0.29, 0.717) is 93.2 Å². The van der Waals surface area contributed by atoms with Crippen LogP contribution in [0.15, 0.2) is 152 Å². The number of hydrogen-bond acceptors (Lipinski definition) is 26. The second-order valence-corrected chi connectivity index (χ2v) is 31.1. The van der Waals surface area contributed by atoms with Crippen LogP contribution in [0.2, 0.25) is 0 Å². The third kappa shape index (κ3) is 41.8. The van der Waals surface area contributed by atoms with Crippen molar-refractivity contribution in [3.05, 3.63) is 179 Å². The van der Waals surface area contributed by atoms with E-state index in [1.165, 1.54) is 54.4 Å². The zero-order valence-corrected chi connectivity index (χ0v) is 75.7. The van der Waals surface area contributed by atoms with Gasteiger partial charge in [-0.15, -0.1) is 36.4 Å². The first-order valence-corrected chi connectivity index (χ1v) is 40.8. The lowest BCUT2D eigenvalue weighted by Gasteiger charge is -2.27. The van der Waals surface area contributed by atoms with Gasteiger partial charge in [0, 0.05) is 92.1 Å². The van der Waals surface area contributed by atoms with Gasteiger partial charge in [-0.2, -0.15) is 0 Å². The summed E-state index contributed by atoms with van der Waals surface area (Å²) in [5, 5.41) is 26.3. The van der Waals surface area contributed by atoms with E-state index in [0.717, 1.165) is 5.56 Å². The molecule has 0 radical (unpaired) electrons. The van der Waals surface area contributed by atoms with Crippen LogP contribution in [-0.2, 0) is 81.2 Å². The van der Waals surface area contributed by atoms with Crippen LogP contribution in [0.5, 0.6) is 0 Å². The molecule has 0 unspecified atom stereocenters. The Morgan fingerprint density at radius 3 is 0.984 bits per heavy atom. The molecule has 10 rings (SSSR count). The summed E-state index contributed by atoms with van der Waals surface area (Å²) in [4.78, 5) is 211. The number of alkyl halides is 1. The number of nitrogens with two attached hydrogens (primary N) is 1. The molecule has 39 heteroatoms. The first-order valence-electron chi connectivity index (χ1n) is 39.6. The fourth-order valence-electron chi connectivity index (χ4n) is 13.5. The number of carbonyl (C=O) groups excluding carboxylic acids is 16. The molecule has 704 valence electrons. The van der Waals surface area contributed by atoms with Crippen molar-refractivity contribution in [1.29, 1.82) is 0 Å². The number of amides is 7. The van der Waals surface area contributed by atoms with Gasteiger partial charge in [-0.3, -0.25) is 67.3 Å². The van der Waals surface area contributed by atoms with Crippen molar-refractivity contribution < 1.29 is 125 Å². The number of methoxy groups -OCH3 is 4. The van der Waals surface area contributed by atoms with Crippen molar-refractivity contribution in [2.45, 2.75) is 154 Å². The van der Waals surface area contributed by atoms with E-state index in [4.69, 9.17) is 41.4 Å². The van der Waals surface area contributed by atoms with Crippen LogP contribution in [0, 0.1) is 23.7 Å². The fraction of sp³-hybridized carbons (Fsp3) is 0.461. The van der Waals surface area contributed by atoms with Crippen LogP contribution in [0.3, 0.4) is 0 Å². The molecule has 7 amide bonds. The van der Waals surface area contributed by atoms with Gasteiger partial charge in [0.1, 0.15) is 48.0 Å². The molecule has 5 aliphatic rings. The zero-order chi connectivity index (χ0) is 93.5. The molecule has 5 saturated heterocycles. The monoisotopic (exact) mass is 1870 g/mol. The number of esters is 4. The molecule has 5 aliphatic heterocycles. The summed E-state index contributed by atoms with van der Waals surface area (Å²) < 4.78 is 29.5. The van der Waals surface area contributed by atoms with Gasteiger partial charge in [-0.1, -0.05) is 159 Å². The van der Waals surface area contributed by atoms with Crippen molar-refractivity contribution in [2.75, 3.05) is 87.2 Å². The molecule has 8 N–H and O–H groups in total. The van der Waals surface area contributed by atoms with Crippen LogP contribution in [-0.4, -0.2) is 272 Å². The molecule has 5 fully saturated rings. The second-order valence-electron chi connectivity index (χ2n) is 30.7. The average molecular weight is 1870 g/mol. The summed E-state index contributed by atoms with van der Waals surface area (Å²) in [6.45, 7) is 11.7. The van der Waals surface area contributed by atoms with Crippen LogP contribution in [0.25, 0.3) is 0 Å². The number of hydrogen-bond donors (Lipinski definition) is 7. The number of carboxylic acids is 2. The molecule has 0 bridgehead atoms. The highest BCUT2D eigenvalue weighted by atomic mass is 35.5. The number of nitrogens with one attached hydrogen (secondary N) is 4. The van der Waals surface area contributed by atoms with E-state index >= 15 is 0 Å². The Bertz CT molecular complexity index is 4370. The van der Waals surface area contributed by atoms with Crippen molar-refractivity contribution in [2.24, 2.45) is 29.4 Å².